The maximum Gasteiger partial charge on any atom is 0.134 e. The van der Waals surface area contributed by atoms with Crippen molar-refractivity contribution >= 4 is 18.7 Å². The summed E-state index contributed by atoms with van der Waals surface area (Å²) < 4.78 is 2.57. The van der Waals surface area contributed by atoms with Crippen molar-refractivity contribution in [2.24, 2.45) is 10.7 Å². The maximum absolute atomic E-state index is 5.27. The first kappa shape index (κ1) is 8.52. The van der Waals surface area contributed by atoms with Crippen molar-refractivity contribution < 1.29 is 0 Å². The second kappa shape index (κ2) is 4.40. The van der Waals surface area contributed by atoms with Crippen LogP contribution in [-0.2, 0) is 0 Å². The van der Waals surface area contributed by atoms with E-state index in [1.54, 1.807) is 7.05 Å². The molecule has 52 valence electrons. The van der Waals surface area contributed by atoms with Gasteiger partial charge in [0.25, 0.3) is 0 Å². The molecule has 3 nitrogen and oxygen atoms in total. The van der Waals surface area contributed by atoms with E-state index in [0.29, 0.717) is 12.4 Å². The van der Waals surface area contributed by atoms with Gasteiger partial charge < -0.3 is 10.5 Å². The molecule has 3 N–H and O–H groups in total. The minimum absolute atomic E-state index is 0.403. The topological polar surface area (TPSA) is 50.4 Å². The Morgan fingerprint density at radius 1 is 1.89 bits per heavy atom. The van der Waals surface area contributed by atoms with Gasteiger partial charge in [0.15, 0.2) is 0 Å². The normalized spacial score (nSPS) is 11.2. The minimum atomic E-state index is 0.403. The summed E-state index contributed by atoms with van der Waals surface area (Å²) in [5.41, 5.74) is 6.03. The molecule has 0 saturated carbocycles. The van der Waals surface area contributed by atoms with Gasteiger partial charge in [0.05, 0.1) is 0 Å². The van der Waals surface area contributed by atoms with Crippen LogP contribution in [0.1, 0.15) is 0 Å². The molecule has 0 aliphatic rings. The summed E-state index contributed by atoms with van der Waals surface area (Å²) in [6.45, 7) is 4.05. The second-order valence-electron chi connectivity index (χ2n) is 1.49. The number of hydrogen-bond donors (Lipinski definition) is 3. The number of aliphatic imine (C=N–C) groups is 1. The van der Waals surface area contributed by atoms with Crippen molar-refractivity contribution in [1.29, 1.82) is 0 Å². The van der Waals surface area contributed by atoms with Crippen LogP contribution < -0.4 is 10.5 Å². The number of rotatable bonds is 2. The lowest BCUT2D eigenvalue weighted by atomic mass is 10.3. The average molecular weight is 145 g/mol. The largest absolute Gasteiger partial charge is 0.326 e. The number of amidine groups is 1. The Morgan fingerprint density at radius 2 is 2.44 bits per heavy atom. The van der Waals surface area contributed by atoms with Crippen LogP contribution in [-0.4, -0.2) is 19.4 Å². The quantitative estimate of drug-likeness (QED) is 0.290. The van der Waals surface area contributed by atoms with Crippen LogP contribution in [0.5, 0.6) is 0 Å². The van der Waals surface area contributed by atoms with Crippen LogP contribution >= 0.6 is 12.8 Å². The van der Waals surface area contributed by atoms with E-state index in [4.69, 9.17) is 5.73 Å². The zero-order valence-electron chi connectivity index (χ0n) is 5.39. The molecular weight excluding hydrogens is 134 g/mol. The molecule has 0 aromatic rings. The van der Waals surface area contributed by atoms with Crippen LogP contribution in [0.4, 0.5) is 0 Å². The lowest BCUT2D eigenvalue weighted by Gasteiger charge is -2.02. The molecule has 0 amide bonds. The predicted molar refractivity (Wildman–Crippen MR) is 43.7 cm³/mol. The monoisotopic (exact) mass is 145 g/mol. The van der Waals surface area contributed by atoms with E-state index < -0.39 is 0 Å². The molecule has 0 bridgehead atoms. The highest BCUT2D eigenvalue weighted by atomic mass is 32.1. The van der Waals surface area contributed by atoms with Gasteiger partial charge >= 0.3 is 0 Å². The first-order valence-electron chi connectivity index (χ1n) is 2.51. The van der Waals surface area contributed by atoms with Crippen molar-refractivity contribution in [2.75, 3.05) is 13.6 Å². The van der Waals surface area contributed by atoms with Gasteiger partial charge in [-0.3, -0.25) is 4.99 Å². The summed E-state index contributed by atoms with van der Waals surface area (Å²) in [7, 11) is 1.65. The Labute approximate surface area is 60.6 Å². The second-order valence-corrected chi connectivity index (χ2v) is 1.72. The zero-order valence-corrected chi connectivity index (χ0v) is 6.28. The Hall–Kier alpha value is -0.480. The zero-order chi connectivity index (χ0) is 7.28. The minimum Gasteiger partial charge on any atom is -0.326 e. The van der Waals surface area contributed by atoms with E-state index in [9.17, 15) is 0 Å². The van der Waals surface area contributed by atoms with E-state index in [2.05, 4.69) is 29.1 Å². The van der Waals surface area contributed by atoms with Crippen molar-refractivity contribution in [1.82, 2.24) is 4.72 Å². The van der Waals surface area contributed by atoms with Gasteiger partial charge in [-0.1, -0.05) is 19.4 Å². The molecule has 0 rings (SSSR count). The molecule has 0 saturated heterocycles. The molecule has 0 spiro atoms. The van der Waals surface area contributed by atoms with E-state index in [0.717, 1.165) is 5.57 Å². The summed E-state index contributed by atoms with van der Waals surface area (Å²) in [5, 5.41) is 0. The Morgan fingerprint density at radius 3 is 2.56 bits per heavy atom. The summed E-state index contributed by atoms with van der Waals surface area (Å²) in [6.07, 6.45) is 0. The van der Waals surface area contributed by atoms with Crippen LogP contribution in [0, 0.1) is 0 Å². The molecule has 0 aromatic carbocycles. The molecule has 0 aliphatic carbocycles. The van der Waals surface area contributed by atoms with Gasteiger partial charge in [-0.15, -0.1) is 0 Å². The van der Waals surface area contributed by atoms with E-state index in [1.807, 2.05) is 0 Å². The summed E-state index contributed by atoms with van der Waals surface area (Å²) in [5.74, 6) is 0.640. The Balaban J connectivity index is 3.97. The van der Waals surface area contributed by atoms with Crippen molar-refractivity contribution in [3.8, 4) is 0 Å². The summed E-state index contributed by atoms with van der Waals surface area (Å²) in [4.78, 5) is 3.83. The lowest BCUT2D eigenvalue weighted by molar-refractivity contribution is 1.18. The maximum atomic E-state index is 5.27. The van der Waals surface area contributed by atoms with Gasteiger partial charge in [-0.05, 0) is 0 Å². The van der Waals surface area contributed by atoms with Crippen molar-refractivity contribution in [3.63, 3.8) is 0 Å². The van der Waals surface area contributed by atoms with Gasteiger partial charge in [-0.25, -0.2) is 0 Å². The van der Waals surface area contributed by atoms with Crippen LogP contribution in [0.25, 0.3) is 0 Å². The van der Waals surface area contributed by atoms with Gasteiger partial charge in [0.2, 0.25) is 0 Å². The fraction of sp³-hybridized carbons (Fsp3) is 0.400. The number of nitrogens with two attached hydrogens (primary N) is 1. The molecule has 9 heavy (non-hydrogen) atoms. The fourth-order valence-electron chi connectivity index (χ4n) is 0.384. The van der Waals surface area contributed by atoms with Gasteiger partial charge in [-0.2, -0.15) is 0 Å². The standard InChI is InChI=1S/C5H11N3S/c1-4(3-6)5(7-2)8-9/h9H,1,3,6H2,2H3,(H,7,8). The number of thiol groups is 1. The highest BCUT2D eigenvalue weighted by Crippen LogP contribution is 1.88. The molecule has 0 fully saturated rings. The smallest absolute Gasteiger partial charge is 0.134 e. The third kappa shape index (κ3) is 2.53. The third-order valence-corrected chi connectivity index (χ3v) is 1.12. The molecule has 0 aliphatic heterocycles. The molecule has 0 atom stereocenters. The SMILES string of the molecule is C=C(CN)C(=NC)NS. The number of nitrogens with one attached hydrogen (secondary N) is 1. The highest BCUT2D eigenvalue weighted by Gasteiger charge is 1.96. The van der Waals surface area contributed by atoms with E-state index in [1.165, 1.54) is 0 Å². The Bertz CT molecular complexity index is 130. The predicted octanol–water partition coefficient (Wildman–Crippen LogP) is -0.0360. The first-order valence-corrected chi connectivity index (χ1v) is 2.96. The molecule has 0 heterocycles. The molecule has 0 unspecified atom stereocenters. The van der Waals surface area contributed by atoms with Gasteiger partial charge in [0, 0.05) is 19.2 Å². The van der Waals surface area contributed by atoms with E-state index in [-0.39, 0.29) is 0 Å². The van der Waals surface area contributed by atoms with Crippen molar-refractivity contribution in [3.05, 3.63) is 12.2 Å². The summed E-state index contributed by atoms with van der Waals surface area (Å²) in [6, 6.07) is 0. The number of nitrogens with zero attached hydrogens (tertiary/aromatic N) is 1. The van der Waals surface area contributed by atoms with Crippen LogP contribution in [0.3, 0.4) is 0 Å². The van der Waals surface area contributed by atoms with Gasteiger partial charge in [0.1, 0.15) is 5.84 Å². The Kier molecular flexibility index (Phi) is 4.17. The third-order valence-electron chi connectivity index (χ3n) is 0.911. The van der Waals surface area contributed by atoms with Crippen molar-refractivity contribution in [2.45, 2.75) is 0 Å². The van der Waals surface area contributed by atoms with Crippen LogP contribution in [0.2, 0.25) is 0 Å². The highest BCUT2D eigenvalue weighted by molar-refractivity contribution is 7.78. The lowest BCUT2D eigenvalue weighted by Crippen LogP contribution is -2.20. The van der Waals surface area contributed by atoms with E-state index >= 15 is 0 Å². The fourth-order valence-corrected chi connectivity index (χ4v) is 0.642. The molecule has 0 radical (unpaired) electrons. The molecule has 4 heteroatoms. The average Bonchev–Trinajstić information content (AvgIpc) is 1.90. The van der Waals surface area contributed by atoms with Crippen LogP contribution in [0.15, 0.2) is 17.1 Å². The summed E-state index contributed by atoms with van der Waals surface area (Å²) >= 11 is 3.79. The molecule has 0 aromatic heterocycles. The molecular formula is C5H11N3S. The number of hydrogen-bond acceptors (Lipinski definition) is 3. The first-order chi connectivity index (χ1) is 4.26.